The number of hydrogen-bond acceptors (Lipinski definition) is 9. The van der Waals surface area contributed by atoms with Crippen molar-refractivity contribution in [2.24, 2.45) is 0 Å². The molecular weight excluding hydrogens is 422 g/mol. The van der Waals surface area contributed by atoms with Gasteiger partial charge in [-0.2, -0.15) is 5.26 Å². The van der Waals surface area contributed by atoms with Gasteiger partial charge in [-0.15, -0.1) is 11.3 Å². The molecule has 2 N–H and O–H groups in total. The molecule has 0 unspecified atom stereocenters. The highest BCUT2D eigenvalue weighted by molar-refractivity contribution is 7.19. The number of aryl methyl sites for hydroxylation is 2. The lowest BCUT2D eigenvalue weighted by Crippen LogP contribution is -2.36. The number of ether oxygens (including phenoxy) is 1. The summed E-state index contributed by atoms with van der Waals surface area (Å²) < 4.78 is 5.48. The molecule has 1 aliphatic carbocycles. The van der Waals surface area contributed by atoms with Crippen molar-refractivity contribution in [2.75, 3.05) is 50.0 Å². The number of thiophene rings is 1. The highest BCUT2D eigenvalue weighted by Gasteiger charge is 2.22. The molecule has 1 aliphatic heterocycles. The highest BCUT2D eigenvalue weighted by Crippen LogP contribution is 2.38. The van der Waals surface area contributed by atoms with Gasteiger partial charge in [-0.05, 0) is 43.4 Å². The van der Waals surface area contributed by atoms with Gasteiger partial charge in [-0.25, -0.2) is 15.0 Å². The van der Waals surface area contributed by atoms with E-state index in [1.165, 1.54) is 28.7 Å². The first kappa shape index (κ1) is 21.1. The number of aromatic nitrogens is 3. The number of nitrogens with zero attached hydrogens (tertiary/aromatic N) is 5. The van der Waals surface area contributed by atoms with Crippen molar-refractivity contribution in [1.29, 1.82) is 5.26 Å². The van der Waals surface area contributed by atoms with E-state index in [0.29, 0.717) is 24.5 Å². The van der Waals surface area contributed by atoms with Crippen LogP contribution in [0.2, 0.25) is 0 Å². The average Bonchev–Trinajstić information content (AvgIpc) is 3.21. The Kier molecular flexibility index (Phi) is 6.44. The molecule has 0 atom stereocenters. The van der Waals surface area contributed by atoms with Crippen molar-refractivity contribution < 1.29 is 4.74 Å². The van der Waals surface area contributed by atoms with Crippen molar-refractivity contribution in [1.82, 2.24) is 19.9 Å². The van der Waals surface area contributed by atoms with E-state index in [9.17, 15) is 5.26 Å². The fourth-order valence-electron chi connectivity index (χ4n) is 4.36. The molecule has 5 rings (SSSR count). The second kappa shape index (κ2) is 9.77. The Morgan fingerprint density at radius 1 is 1.09 bits per heavy atom. The normalized spacial score (nSPS) is 16.5. The second-order valence-electron chi connectivity index (χ2n) is 8.13. The first-order valence-corrected chi connectivity index (χ1v) is 12.1. The van der Waals surface area contributed by atoms with E-state index in [0.717, 1.165) is 62.2 Å². The minimum atomic E-state index is 0.552. The Labute approximate surface area is 191 Å². The van der Waals surface area contributed by atoms with Crippen LogP contribution < -0.4 is 10.6 Å². The number of nitrogens with one attached hydrogen (secondary N) is 2. The third-order valence-corrected chi connectivity index (χ3v) is 7.15. The van der Waals surface area contributed by atoms with Crippen molar-refractivity contribution in [3.63, 3.8) is 0 Å². The van der Waals surface area contributed by atoms with Crippen LogP contribution in [0, 0.1) is 11.3 Å². The summed E-state index contributed by atoms with van der Waals surface area (Å²) in [6, 6.07) is 5.72. The summed E-state index contributed by atoms with van der Waals surface area (Å²) in [6.45, 7) is 5.43. The molecule has 0 aromatic carbocycles. The van der Waals surface area contributed by atoms with Crippen molar-refractivity contribution >= 4 is 33.2 Å². The molecule has 166 valence electrons. The molecule has 8 nitrogen and oxygen atoms in total. The SMILES string of the molecule is N#Cc1cccnc1NCCNc1nc(CN2CCOCC2)nc2sc3c(c12)CCCC3. The molecule has 0 amide bonds. The number of pyridine rings is 1. The van der Waals surface area contributed by atoms with Crippen LogP contribution in [0.4, 0.5) is 11.6 Å². The Bertz CT molecular complexity index is 1130. The van der Waals surface area contributed by atoms with Gasteiger partial charge >= 0.3 is 0 Å². The Morgan fingerprint density at radius 3 is 2.75 bits per heavy atom. The fourth-order valence-corrected chi connectivity index (χ4v) is 5.64. The summed E-state index contributed by atoms with van der Waals surface area (Å²) in [5.74, 6) is 2.41. The summed E-state index contributed by atoms with van der Waals surface area (Å²) in [4.78, 5) is 19.1. The Morgan fingerprint density at radius 2 is 1.91 bits per heavy atom. The maximum absolute atomic E-state index is 9.25. The standard InChI is InChI=1S/C23H27N7OS/c24-14-16-4-3-7-25-21(16)26-8-9-27-22-20-17-5-1-2-6-18(17)32-23(20)29-19(28-22)15-30-10-12-31-13-11-30/h3-4,7H,1-2,5-6,8-13,15H2,(H,25,26)(H,27,28,29). The van der Waals surface area contributed by atoms with Gasteiger partial charge in [-0.1, -0.05) is 0 Å². The summed E-state index contributed by atoms with van der Waals surface area (Å²) in [6.07, 6.45) is 6.43. The van der Waals surface area contributed by atoms with Gasteiger partial charge in [0.25, 0.3) is 0 Å². The van der Waals surface area contributed by atoms with Gasteiger partial charge in [0.05, 0.1) is 30.7 Å². The predicted molar refractivity (Wildman–Crippen MR) is 126 cm³/mol. The molecule has 3 aromatic rings. The van der Waals surface area contributed by atoms with Crippen LogP contribution >= 0.6 is 11.3 Å². The van der Waals surface area contributed by atoms with Crippen LogP contribution in [0.1, 0.15) is 34.7 Å². The zero-order valence-corrected chi connectivity index (χ0v) is 18.9. The number of anilines is 2. The fraction of sp³-hybridized carbons (Fsp3) is 0.478. The molecule has 1 fully saturated rings. The molecule has 0 radical (unpaired) electrons. The molecule has 9 heteroatoms. The minimum Gasteiger partial charge on any atom is -0.379 e. The Hall–Kier alpha value is -2.80. The third-order valence-electron chi connectivity index (χ3n) is 5.97. The van der Waals surface area contributed by atoms with E-state index < -0.39 is 0 Å². The molecule has 1 saturated heterocycles. The van der Waals surface area contributed by atoms with E-state index in [1.54, 1.807) is 18.3 Å². The number of rotatable bonds is 7. The monoisotopic (exact) mass is 449 g/mol. The van der Waals surface area contributed by atoms with E-state index in [1.807, 2.05) is 11.3 Å². The van der Waals surface area contributed by atoms with E-state index in [-0.39, 0.29) is 0 Å². The highest BCUT2D eigenvalue weighted by atomic mass is 32.1. The smallest absolute Gasteiger partial charge is 0.146 e. The lowest BCUT2D eigenvalue weighted by atomic mass is 9.97. The zero-order chi connectivity index (χ0) is 21.8. The van der Waals surface area contributed by atoms with E-state index >= 15 is 0 Å². The van der Waals surface area contributed by atoms with Crippen LogP contribution in [0.3, 0.4) is 0 Å². The number of hydrogen-bond donors (Lipinski definition) is 2. The number of morpholine rings is 1. The van der Waals surface area contributed by atoms with Gasteiger partial charge in [0.2, 0.25) is 0 Å². The maximum atomic E-state index is 9.25. The van der Waals surface area contributed by atoms with Gasteiger partial charge in [-0.3, -0.25) is 4.90 Å². The second-order valence-corrected chi connectivity index (χ2v) is 9.22. The predicted octanol–water partition coefficient (Wildman–Crippen LogP) is 3.19. The molecular formula is C23H27N7OS. The third kappa shape index (κ3) is 4.53. The van der Waals surface area contributed by atoms with Crippen LogP contribution in [-0.2, 0) is 24.1 Å². The lowest BCUT2D eigenvalue weighted by molar-refractivity contribution is 0.0331. The van der Waals surface area contributed by atoms with Gasteiger partial charge in [0, 0.05) is 37.3 Å². The first-order chi connectivity index (χ1) is 15.8. The molecule has 2 aliphatic rings. The average molecular weight is 450 g/mol. The van der Waals surface area contributed by atoms with Crippen molar-refractivity contribution in [2.45, 2.75) is 32.2 Å². The van der Waals surface area contributed by atoms with Gasteiger partial charge in [0.1, 0.15) is 28.4 Å². The molecule has 3 aromatic heterocycles. The first-order valence-electron chi connectivity index (χ1n) is 11.3. The molecule has 0 spiro atoms. The summed E-state index contributed by atoms with van der Waals surface area (Å²) in [5.41, 5.74) is 1.98. The lowest BCUT2D eigenvalue weighted by Gasteiger charge is -2.25. The van der Waals surface area contributed by atoms with Crippen molar-refractivity contribution in [3.05, 3.63) is 40.2 Å². The topological polar surface area (TPSA) is 99.0 Å². The summed E-state index contributed by atoms with van der Waals surface area (Å²) >= 11 is 1.84. The van der Waals surface area contributed by atoms with Gasteiger partial charge < -0.3 is 15.4 Å². The quantitative estimate of drug-likeness (QED) is 0.531. The minimum absolute atomic E-state index is 0.552. The van der Waals surface area contributed by atoms with Crippen LogP contribution in [0.5, 0.6) is 0 Å². The van der Waals surface area contributed by atoms with E-state index in [4.69, 9.17) is 14.7 Å². The van der Waals surface area contributed by atoms with E-state index in [2.05, 4.69) is 26.6 Å². The number of nitriles is 1. The molecule has 0 bridgehead atoms. The summed E-state index contributed by atoms with van der Waals surface area (Å²) in [7, 11) is 0. The molecule has 0 saturated carbocycles. The van der Waals surface area contributed by atoms with Crippen molar-refractivity contribution in [3.8, 4) is 6.07 Å². The molecule has 32 heavy (non-hydrogen) atoms. The molecule has 4 heterocycles. The van der Waals surface area contributed by atoms with Gasteiger partial charge in [0.15, 0.2) is 0 Å². The van der Waals surface area contributed by atoms with Crippen LogP contribution in [-0.4, -0.2) is 59.2 Å². The van der Waals surface area contributed by atoms with Crippen LogP contribution in [0.15, 0.2) is 18.3 Å². The summed E-state index contributed by atoms with van der Waals surface area (Å²) in [5, 5.41) is 17.3. The number of fused-ring (bicyclic) bond motifs is 3. The zero-order valence-electron chi connectivity index (χ0n) is 18.1. The maximum Gasteiger partial charge on any atom is 0.146 e. The largest absolute Gasteiger partial charge is 0.379 e. The van der Waals surface area contributed by atoms with Crippen LogP contribution in [0.25, 0.3) is 10.2 Å². The Balaban J connectivity index is 1.35.